The third-order valence-corrected chi connectivity index (χ3v) is 28.2. The van der Waals surface area contributed by atoms with E-state index in [0.717, 1.165) is 43.1 Å². The first-order valence-electron chi connectivity index (χ1n) is 45.2. The number of rotatable bonds is 33. The van der Waals surface area contributed by atoms with Crippen LogP contribution in [0.3, 0.4) is 0 Å². The highest BCUT2D eigenvalue weighted by Gasteiger charge is 2.26. The van der Waals surface area contributed by atoms with Gasteiger partial charge in [-0.15, -0.1) is 34.0 Å². The van der Waals surface area contributed by atoms with Crippen LogP contribution in [0.1, 0.15) is 210 Å². The number of phenols is 1. The number of hydroxylamine groups is 2. The molecule has 0 saturated heterocycles. The van der Waals surface area contributed by atoms with Crippen LogP contribution in [0, 0.1) is 35.3 Å². The fourth-order valence-corrected chi connectivity index (χ4v) is 20.3. The Kier molecular flexibility index (Phi) is 47.7. The number of halogens is 9. The van der Waals surface area contributed by atoms with Crippen LogP contribution >= 0.6 is 163 Å². The van der Waals surface area contributed by atoms with Crippen LogP contribution < -0.4 is 50.8 Å². The number of alkyl halides is 1. The van der Waals surface area contributed by atoms with Crippen molar-refractivity contribution < 1.29 is 80.7 Å². The third-order valence-electron chi connectivity index (χ3n) is 21.3. The second-order valence-electron chi connectivity index (χ2n) is 33.3. The predicted octanol–water partition coefficient (Wildman–Crippen LogP) is 26.0. The number of aliphatic hydroxyl groups excluding tert-OH is 1. The van der Waals surface area contributed by atoms with Crippen molar-refractivity contribution in [1.29, 1.82) is 0 Å². The van der Waals surface area contributed by atoms with Gasteiger partial charge in [0, 0.05) is 219 Å². The number of amides is 1. The second kappa shape index (κ2) is 57.5. The highest BCUT2D eigenvalue weighted by atomic mass is 127. The molecule has 0 aliphatic carbocycles. The number of nitrogens with one attached hydrogen (secondary N) is 1. The Morgan fingerprint density at radius 2 is 0.720 bits per heavy atom. The number of hydrogen-bond donors (Lipinski definition) is 3. The summed E-state index contributed by atoms with van der Waals surface area (Å²) in [6, 6.07) is 29.1. The number of methoxy groups -OCH3 is 2. The van der Waals surface area contributed by atoms with Gasteiger partial charge in [0.1, 0.15) is 24.1 Å². The van der Waals surface area contributed by atoms with E-state index in [4.69, 9.17) is 33.6 Å². The van der Waals surface area contributed by atoms with Gasteiger partial charge in [-0.2, -0.15) is 0 Å². The van der Waals surface area contributed by atoms with Gasteiger partial charge in [-0.05, 0) is 254 Å². The molecule has 0 fully saturated rings. The van der Waals surface area contributed by atoms with Gasteiger partial charge in [0.15, 0.2) is 74.3 Å². The monoisotopic (exact) mass is 2640 g/mol. The maximum absolute atomic E-state index is 14.3. The molecule has 8 heterocycles. The molecule has 8 aromatic heterocycles. The lowest BCUT2D eigenvalue weighted by Gasteiger charge is -2.15. The number of aromatic hydroxyl groups is 1. The minimum Gasteiger partial charge on any atom is -0.504 e. The van der Waals surface area contributed by atoms with Crippen LogP contribution in [-0.2, 0) is 9.63 Å². The topological polar surface area (TPSA) is 322 Å². The summed E-state index contributed by atoms with van der Waals surface area (Å²) in [7, 11) is 5.88. The van der Waals surface area contributed by atoms with E-state index < -0.39 is 22.4 Å². The molecule has 37 heteroatoms. The van der Waals surface area contributed by atoms with Crippen molar-refractivity contribution in [1.82, 2.24) is 28.3 Å². The van der Waals surface area contributed by atoms with Crippen LogP contribution in [0.25, 0.3) is 63.6 Å². The van der Waals surface area contributed by atoms with Gasteiger partial charge in [0.25, 0.3) is 0 Å². The summed E-state index contributed by atoms with van der Waals surface area (Å²) in [5.41, 5.74) is 3.63. The van der Waals surface area contributed by atoms with E-state index in [1.54, 1.807) is 111 Å². The molecular weight excluding hydrogens is 2530 g/mol. The molecule has 0 atom stereocenters. The van der Waals surface area contributed by atoms with Crippen molar-refractivity contribution in [3.05, 3.63) is 302 Å². The molecule has 0 bridgehead atoms. The Morgan fingerprint density at radius 3 is 1.06 bits per heavy atom. The Hall–Kier alpha value is -9.59. The number of ether oxygens (including phenoxy) is 5. The van der Waals surface area contributed by atoms with Gasteiger partial charge in [-0.1, -0.05) is 80.0 Å². The summed E-state index contributed by atoms with van der Waals surface area (Å²) >= 11 is 17.2. The summed E-state index contributed by atoms with van der Waals surface area (Å²) in [6.45, 7) is 25.1. The van der Waals surface area contributed by atoms with E-state index in [9.17, 15) is 71.0 Å². The summed E-state index contributed by atoms with van der Waals surface area (Å²) < 4.78 is 82.1. The molecule has 3 N–H and O–H groups in total. The Balaban J connectivity index is 0.000000220. The number of aromatic nitrogens is 5. The van der Waals surface area contributed by atoms with Crippen LogP contribution in [0.4, 0.5) is 13.2 Å². The molecule has 760 valence electrons. The summed E-state index contributed by atoms with van der Waals surface area (Å²) in [4.78, 5) is 146. The lowest BCUT2D eigenvalue weighted by Crippen LogP contribution is -2.25. The van der Waals surface area contributed by atoms with Crippen molar-refractivity contribution in [3.63, 3.8) is 0 Å². The zero-order valence-electron chi connectivity index (χ0n) is 81.5. The molecule has 25 nitrogen and oxygen atoms in total. The van der Waals surface area contributed by atoms with Crippen molar-refractivity contribution in [2.24, 2.45) is 0 Å². The fourth-order valence-electron chi connectivity index (χ4n) is 13.5. The minimum atomic E-state index is -0.451. The van der Waals surface area contributed by atoms with Gasteiger partial charge in [-0.3, -0.25) is 57.6 Å². The number of H-pyrrole nitrogens is 1. The lowest BCUT2D eigenvalue weighted by atomic mass is 9.98. The van der Waals surface area contributed by atoms with Crippen molar-refractivity contribution in [2.45, 2.75) is 163 Å². The number of hydrogen-bond acceptors (Lipinski definition) is 22. The normalized spacial score (nSPS) is 10.9. The number of nitrogens with zero attached hydrogens (tertiary/aromatic N) is 5. The molecule has 1 amide bonds. The van der Waals surface area contributed by atoms with Crippen molar-refractivity contribution in [2.75, 3.05) is 54.8 Å². The highest BCUT2D eigenvalue weighted by Crippen LogP contribution is 2.40. The van der Waals surface area contributed by atoms with E-state index >= 15 is 0 Å². The number of fused-ring (bicyclic) bond motifs is 3. The maximum atomic E-state index is 14.3. The van der Waals surface area contributed by atoms with Crippen LogP contribution in [0.15, 0.2) is 211 Å². The highest BCUT2D eigenvalue weighted by molar-refractivity contribution is 14.1. The van der Waals surface area contributed by atoms with Crippen LogP contribution in [-0.4, -0.2) is 133 Å². The maximum Gasteiger partial charge on any atom is 0.246 e. The van der Waals surface area contributed by atoms with Crippen molar-refractivity contribution in [3.8, 4) is 67.9 Å². The van der Waals surface area contributed by atoms with Gasteiger partial charge >= 0.3 is 0 Å². The average molecular weight is 2640 g/mol. The molecule has 0 saturated carbocycles. The van der Waals surface area contributed by atoms with E-state index in [0.29, 0.717) is 120 Å². The molecule has 143 heavy (non-hydrogen) atoms. The third kappa shape index (κ3) is 33.0. The number of aromatic amines is 1. The number of Topliss-reactive ketones (excluding diaryl/α,β-unsaturated/α-hetero) is 5. The van der Waals surface area contributed by atoms with E-state index in [1.165, 1.54) is 111 Å². The number of thiophene rings is 3. The molecule has 0 aliphatic rings. The number of benzene rings is 6. The predicted molar refractivity (Wildman–Crippen MR) is 609 cm³/mol. The standard InChI is InChI=1S/C29H28FNO6S.C29H28FNO5S.C16H13FINOS.C16H23NO5.C8H9I2NO.C5H3I2NO.C3H7Br/c1-17(2)31-14-20(22-16-38-29-19(22)5-4-6-23(29)30)28(35)21(15-31)25(34)9-8-24(33)18-7-10-26(37-12-11-32)27(13-18)36-3;1-4-12-36-27-11-8-18(13-26(27)34)24(32)9-10-25(33)21-15-31(17(2)3)14-20(28(21)35)22-16-37-29-19(22)6-5-7-23(29)30;1-9(2)19-6-11(15(20)14(18)7-19)12-8-21-16-10(12)4-3-5-13(16)17;1-5-10-22-14-8-6-12(11-15(14)20-3)13(18)7-9-16(19)17(2)21-4;1-5(2)11-3-6(9)8(12)7(10)4-11;6-3-1-8-2-4(7)5(3)9;1-3(2)4/h4-7,10,13-17,32H,8-9,11-12H2,1-3H3;5-8,11,13-17,34H,4,9-10,12H2,1-3H3;3-9H,1-2H3;6,8,11H,5,7,9-10H2,1-4H3;3-5H,1-2H3;1-2H,(H,8,9);3H,1-2H3. The van der Waals surface area contributed by atoms with Gasteiger partial charge in [-0.25, -0.2) is 18.2 Å². The van der Waals surface area contributed by atoms with Crippen LogP contribution in [0.2, 0.25) is 0 Å². The smallest absolute Gasteiger partial charge is 0.246 e. The molecule has 0 unspecified atom stereocenters. The fraction of sp³-hybridized carbons (Fsp3) is 0.311. The quantitative estimate of drug-likeness (QED) is 0.0149. The Labute approximate surface area is 915 Å². The minimum absolute atomic E-state index is 0.00328. The average Bonchev–Trinajstić information content (AvgIpc) is 1.67. The van der Waals surface area contributed by atoms with E-state index in [-0.39, 0.29) is 149 Å². The van der Waals surface area contributed by atoms with Gasteiger partial charge in [0.05, 0.1) is 84.2 Å². The number of aliphatic hydroxyl groups is 1. The number of ketones is 5. The number of carbonyl (C=O) groups is 6. The Bertz CT molecular complexity index is 7120. The van der Waals surface area contributed by atoms with E-state index in [1.807, 2.05) is 132 Å². The molecule has 0 radical (unpaired) electrons. The molecular formula is C106H111BrF3I5N6O19S3. The SMILES string of the molecule is CC(C)Br.CC(C)n1cc(I)c(=O)c(-c2csc3c(F)cccc23)c1.CC(C)n1cc(I)c(=O)c(I)c1.CCCOc1ccc(C(=O)CCC(=O)N(C)OC)cc1OC.CCCOc1ccc(C(=O)CCC(=O)c2cn(C(C)C)cc(-c3csc4c(F)cccc34)c2=O)cc1O.COc1cc(C(=O)CCC(=O)c2cn(C(C)C)cc(-c3csc4c(F)cccc34)c2=O)ccc1OCCO.O=c1c(I)c[nH]cc1I. The van der Waals surface area contributed by atoms with Crippen LogP contribution in [0.5, 0.6) is 34.5 Å². The summed E-state index contributed by atoms with van der Waals surface area (Å²) in [6.07, 6.45) is 18.6. The summed E-state index contributed by atoms with van der Waals surface area (Å²) in [5, 5.41) is 27.6. The molecule has 14 aromatic rings. The van der Waals surface area contributed by atoms with Crippen molar-refractivity contribution >= 4 is 228 Å². The molecule has 6 aromatic carbocycles. The zero-order chi connectivity index (χ0) is 105. The largest absolute Gasteiger partial charge is 0.504 e. The Morgan fingerprint density at radius 1 is 0.406 bits per heavy atom. The number of pyridine rings is 5. The van der Waals surface area contributed by atoms with E-state index in [2.05, 4.69) is 130 Å². The first-order valence-corrected chi connectivity index (χ1v) is 54.2. The molecule has 0 spiro atoms. The summed E-state index contributed by atoms with van der Waals surface area (Å²) in [5.74, 6) is -0.846. The first-order chi connectivity index (χ1) is 67.9. The molecule has 0 aliphatic heterocycles. The number of phenolic OH excluding ortho intramolecular Hbond substituents is 1. The number of carbonyl (C=O) groups excluding carboxylic acids is 6. The van der Waals surface area contributed by atoms with Gasteiger partial charge in [0.2, 0.25) is 22.2 Å². The first kappa shape index (κ1) is 119. The molecule has 14 rings (SSSR count). The van der Waals surface area contributed by atoms with Gasteiger partial charge < -0.3 is 57.1 Å². The lowest BCUT2D eigenvalue weighted by molar-refractivity contribution is -0.168. The zero-order valence-corrected chi connectivity index (χ0v) is 96.3. The second-order valence-corrected chi connectivity index (χ2v) is 43.6.